The van der Waals surface area contributed by atoms with Crippen LogP contribution in [0.25, 0.3) is 5.69 Å². The Hall–Kier alpha value is -2.78. The summed E-state index contributed by atoms with van der Waals surface area (Å²) < 4.78 is 1.33. The molecule has 1 atom stereocenters. The fourth-order valence-electron chi connectivity index (χ4n) is 4.34. The van der Waals surface area contributed by atoms with Crippen LogP contribution < -0.4 is 16.2 Å². The molecule has 1 aliphatic rings. The van der Waals surface area contributed by atoms with Crippen LogP contribution in [0.3, 0.4) is 0 Å². The van der Waals surface area contributed by atoms with E-state index in [1.165, 1.54) is 29.8 Å². The van der Waals surface area contributed by atoms with Gasteiger partial charge in [-0.2, -0.15) is 0 Å². The normalized spacial score (nSPS) is 14.9. The number of rotatable bonds is 5. The maximum atomic E-state index is 13.9. The van der Waals surface area contributed by atoms with E-state index in [0.29, 0.717) is 21.8 Å². The minimum atomic E-state index is -0.364. The third-order valence-electron chi connectivity index (χ3n) is 6.19. The van der Waals surface area contributed by atoms with Gasteiger partial charge in [-0.05, 0) is 57.5 Å². The zero-order valence-corrected chi connectivity index (χ0v) is 24.1. The predicted octanol–water partition coefficient (Wildman–Crippen LogP) is 5.61. The number of nitrogens with zero attached hydrogens (tertiary/aromatic N) is 3. The summed E-state index contributed by atoms with van der Waals surface area (Å²) in [6.07, 6.45) is 0.266. The Morgan fingerprint density at radius 1 is 1.00 bits per heavy atom. The van der Waals surface area contributed by atoms with Gasteiger partial charge in [-0.15, -0.1) is 0 Å². The lowest BCUT2D eigenvalue weighted by Gasteiger charge is -2.35. The molecule has 0 radical (unpaired) electrons. The number of fused-ring (bicyclic) bond motifs is 1. The second-order valence-corrected chi connectivity index (χ2v) is 10.9. The summed E-state index contributed by atoms with van der Waals surface area (Å²) in [6.45, 7) is 5.78. The highest BCUT2D eigenvalue weighted by Gasteiger charge is 2.33. The molecule has 1 aliphatic heterocycles. The van der Waals surface area contributed by atoms with Gasteiger partial charge < -0.3 is 15.5 Å². The fraction of sp³-hybridized carbons (Fsp3) is 0.308. The van der Waals surface area contributed by atoms with E-state index in [4.69, 9.17) is 51.4 Å². The summed E-state index contributed by atoms with van der Waals surface area (Å²) >= 11 is 25.3. The van der Waals surface area contributed by atoms with Gasteiger partial charge in [0.05, 0.1) is 38.0 Å². The molecule has 3 aromatic rings. The highest BCUT2D eigenvalue weighted by Crippen LogP contribution is 2.33. The lowest BCUT2D eigenvalue weighted by atomic mass is 9.98. The van der Waals surface area contributed by atoms with Crippen molar-refractivity contribution < 1.29 is 9.59 Å². The van der Waals surface area contributed by atoms with Gasteiger partial charge in [0.25, 0.3) is 17.4 Å². The summed E-state index contributed by atoms with van der Waals surface area (Å²) in [7, 11) is 1.50. The third kappa shape index (κ3) is 5.36. The van der Waals surface area contributed by atoms with Crippen molar-refractivity contribution in [1.29, 1.82) is 0 Å². The molecule has 2 heterocycles. The van der Waals surface area contributed by atoms with E-state index in [9.17, 15) is 14.4 Å². The van der Waals surface area contributed by atoms with Crippen molar-refractivity contribution in [1.82, 2.24) is 19.8 Å². The monoisotopic (exact) mass is 595 g/mol. The van der Waals surface area contributed by atoms with E-state index in [0.717, 1.165) is 0 Å². The van der Waals surface area contributed by atoms with Crippen LogP contribution >= 0.6 is 46.4 Å². The van der Waals surface area contributed by atoms with Crippen LogP contribution in [-0.2, 0) is 13.0 Å². The molecule has 0 unspecified atom stereocenters. The minimum absolute atomic E-state index is 0.0923. The highest BCUT2D eigenvalue weighted by molar-refractivity contribution is 6.42. The summed E-state index contributed by atoms with van der Waals surface area (Å²) in [5, 5.41) is 6.58. The molecule has 0 bridgehead atoms. The maximum Gasteiger partial charge on any atom is 0.263 e. The average molecular weight is 597 g/mol. The van der Waals surface area contributed by atoms with Crippen molar-refractivity contribution in [3.05, 3.63) is 83.2 Å². The second kappa shape index (κ2) is 11.1. The SMILES string of the molecule is CNC(=O)c1cc(Cl)c(-n2c(NC(C)C)nc3c(c2=O)C[C@@H](C)N(C(=O)c2ccc(Cl)c(Cl)c2)C3)c(Cl)c1. The molecule has 4 rings (SSSR count). The first-order chi connectivity index (χ1) is 17.9. The molecule has 0 saturated carbocycles. The largest absolute Gasteiger partial charge is 0.355 e. The van der Waals surface area contributed by atoms with Gasteiger partial charge in [0.2, 0.25) is 5.95 Å². The average Bonchev–Trinajstić information content (AvgIpc) is 2.85. The predicted molar refractivity (Wildman–Crippen MR) is 152 cm³/mol. The van der Waals surface area contributed by atoms with Crippen LogP contribution in [0.15, 0.2) is 35.1 Å². The van der Waals surface area contributed by atoms with Gasteiger partial charge in [0.15, 0.2) is 0 Å². The number of hydrogen-bond acceptors (Lipinski definition) is 5. The molecule has 2 N–H and O–H groups in total. The van der Waals surface area contributed by atoms with Crippen LogP contribution in [-0.4, -0.2) is 45.4 Å². The minimum Gasteiger partial charge on any atom is -0.355 e. The van der Waals surface area contributed by atoms with Crippen LogP contribution in [0.1, 0.15) is 52.7 Å². The molecule has 0 fully saturated rings. The molecule has 1 aromatic heterocycles. The Morgan fingerprint density at radius 2 is 1.63 bits per heavy atom. The van der Waals surface area contributed by atoms with Gasteiger partial charge in [0, 0.05) is 35.8 Å². The first-order valence-electron chi connectivity index (χ1n) is 11.8. The lowest BCUT2D eigenvalue weighted by molar-refractivity contribution is 0.0653. The first-order valence-corrected chi connectivity index (χ1v) is 13.3. The van der Waals surface area contributed by atoms with Gasteiger partial charge in [0.1, 0.15) is 0 Å². The summed E-state index contributed by atoms with van der Waals surface area (Å²) in [5.41, 5.74) is 1.42. The number of carbonyl (C=O) groups excluding carboxylic acids is 2. The molecule has 0 spiro atoms. The van der Waals surface area contributed by atoms with Crippen molar-refractivity contribution in [3.8, 4) is 5.69 Å². The molecule has 12 heteroatoms. The van der Waals surface area contributed by atoms with Crippen LogP contribution in [0.4, 0.5) is 5.95 Å². The van der Waals surface area contributed by atoms with E-state index >= 15 is 0 Å². The van der Waals surface area contributed by atoms with E-state index < -0.39 is 0 Å². The van der Waals surface area contributed by atoms with Crippen LogP contribution in [0.5, 0.6) is 0 Å². The summed E-state index contributed by atoms with van der Waals surface area (Å²) in [6, 6.07) is 7.22. The smallest absolute Gasteiger partial charge is 0.263 e. The number of benzene rings is 2. The number of nitrogens with one attached hydrogen (secondary N) is 2. The number of carbonyl (C=O) groups is 2. The Balaban J connectivity index is 1.83. The zero-order chi connectivity index (χ0) is 27.9. The van der Waals surface area contributed by atoms with E-state index in [1.807, 2.05) is 20.8 Å². The molecule has 38 heavy (non-hydrogen) atoms. The van der Waals surface area contributed by atoms with Crippen LogP contribution in [0, 0.1) is 0 Å². The van der Waals surface area contributed by atoms with Crippen molar-refractivity contribution >= 4 is 64.2 Å². The number of halogens is 4. The van der Waals surface area contributed by atoms with E-state index in [-0.39, 0.29) is 74.7 Å². The standard InChI is InChI=1S/C26H25Cl4N5O3/c1-12(2)32-26-33-21-11-34(24(37)14-5-6-17(27)18(28)8-14)13(3)7-16(21)25(38)35(26)22-19(29)9-15(10-20(22)30)23(36)31-4/h5-6,8-10,12-13H,7,11H2,1-4H3,(H,31,36)(H,32,33)/t13-/m1/s1. The Kier molecular flexibility index (Phi) is 8.28. The molecular formula is C26H25Cl4N5O3. The zero-order valence-electron chi connectivity index (χ0n) is 21.0. The van der Waals surface area contributed by atoms with Crippen molar-refractivity contribution in [2.75, 3.05) is 12.4 Å². The van der Waals surface area contributed by atoms with Crippen molar-refractivity contribution in [2.45, 2.75) is 45.8 Å². The summed E-state index contributed by atoms with van der Waals surface area (Å²) in [5.74, 6) is -0.393. The topological polar surface area (TPSA) is 96.3 Å². The molecule has 8 nitrogen and oxygen atoms in total. The quantitative estimate of drug-likeness (QED) is 0.399. The second-order valence-electron chi connectivity index (χ2n) is 9.28. The lowest BCUT2D eigenvalue weighted by Crippen LogP contribution is -2.46. The van der Waals surface area contributed by atoms with Gasteiger partial charge in [-0.3, -0.25) is 14.4 Å². The molecular weight excluding hydrogens is 572 g/mol. The number of hydrogen-bond donors (Lipinski definition) is 2. The highest BCUT2D eigenvalue weighted by atomic mass is 35.5. The molecule has 2 aromatic carbocycles. The van der Waals surface area contributed by atoms with Crippen molar-refractivity contribution in [3.63, 3.8) is 0 Å². The molecule has 0 saturated heterocycles. The Bertz CT molecular complexity index is 1480. The molecule has 0 aliphatic carbocycles. The molecule has 2 amide bonds. The van der Waals surface area contributed by atoms with Gasteiger partial charge >= 0.3 is 0 Å². The summed E-state index contributed by atoms with van der Waals surface area (Å²) in [4.78, 5) is 45.8. The number of amides is 2. The van der Waals surface area contributed by atoms with Gasteiger partial charge in [-0.25, -0.2) is 9.55 Å². The Labute approximate surface area is 239 Å². The van der Waals surface area contributed by atoms with Gasteiger partial charge in [-0.1, -0.05) is 46.4 Å². The molecule has 200 valence electrons. The van der Waals surface area contributed by atoms with Crippen molar-refractivity contribution in [2.24, 2.45) is 0 Å². The maximum absolute atomic E-state index is 13.9. The third-order valence-corrected chi connectivity index (χ3v) is 7.50. The first kappa shape index (κ1) is 28.2. The fourth-order valence-corrected chi connectivity index (χ4v) is 5.30. The van der Waals surface area contributed by atoms with E-state index in [1.54, 1.807) is 17.0 Å². The Morgan fingerprint density at radius 3 is 2.21 bits per heavy atom. The van der Waals surface area contributed by atoms with E-state index in [2.05, 4.69) is 10.6 Å². The number of aromatic nitrogens is 2. The van der Waals surface area contributed by atoms with Crippen LogP contribution in [0.2, 0.25) is 20.1 Å². The number of anilines is 1.